The molecule has 0 saturated heterocycles. The summed E-state index contributed by atoms with van der Waals surface area (Å²) in [6.07, 6.45) is 10.6. The maximum Gasteiger partial charge on any atom is -0.0213 e. The molecular weight excluding hydrogens is 180 g/mol. The van der Waals surface area contributed by atoms with Crippen molar-refractivity contribution in [1.29, 1.82) is 0 Å². The molecular formula is C15H25. The third-order valence-electron chi connectivity index (χ3n) is 5.86. The fourth-order valence-electron chi connectivity index (χ4n) is 5.31. The van der Waals surface area contributed by atoms with E-state index in [0.29, 0.717) is 0 Å². The Hall–Kier alpha value is 0. The smallest absolute Gasteiger partial charge is 0.0213 e. The number of hydrogen-bond donors (Lipinski definition) is 0. The lowest BCUT2D eigenvalue weighted by Gasteiger charge is -2.35. The molecule has 5 atom stereocenters. The third kappa shape index (κ3) is 1.40. The highest BCUT2D eigenvalue weighted by Crippen LogP contribution is 2.63. The summed E-state index contributed by atoms with van der Waals surface area (Å²) in [6, 6.07) is 0. The van der Waals surface area contributed by atoms with E-state index in [4.69, 9.17) is 0 Å². The molecule has 2 bridgehead atoms. The molecule has 0 spiro atoms. The van der Waals surface area contributed by atoms with E-state index in [1.807, 2.05) is 5.92 Å². The van der Waals surface area contributed by atoms with Crippen molar-refractivity contribution in [1.82, 2.24) is 0 Å². The van der Waals surface area contributed by atoms with Crippen molar-refractivity contribution in [3.8, 4) is 0 Å². The van der Waals surface area contributed by atoms with Crippen molar-refractivity contribution >= 4 is 0 Å². The van der Waals surface area contributed by atoms with Gasteiger partial charge < -0.3 is 0 Å². The molecule has 3 fully saturated rings. The first kappa shape index (κ1) is 10.2. The zero-order valence-corrected chi connectivity index (χ0v) is 10.3. The van der Waals surface area contributed by atoms with Crippen LogP contribution in [0.2, 0.25) is 0 Å². The van der Waals surface area contributed by atoms with Gasteiger partial charge in [0, 0.05) is 0 Å². The summed E-state index contributed by atoms with van der Waals surface area (Å²) in [7, 11) is 0. The Labute approximate surface area is 94.8 Å². The van der Waals surface area contributed by atoms with Crippen LogP contribution in [0.4, 0.5) is 0 Å². The summed E-state index contributed by atoms with van der Waals surface area (Å²) in [5.74, 6) is 7.53. The Balaban J connectivity index is 1.75. The average molecular weight is 205 g/mol. The SMILES string of the molecule is CC[C](CC)C1CC2CC1C1CCCC21. The largest absolute Gasteiger partial charge is 0.0648 e. The predicted octanol–water partition coefficient (Wildman–Crippen LogP) is 4.45. The van der Waals surface area contributed by atoms with E-state index in [9.17, 15) is 0 Å². The van der Waals surface area contributed by atoms with Gasteiger partial charge in [-0.25, -0.2) is 0 Å². The van der Waals surface area contributed by atoms with Crippen molar-refractivity contribution in [3.63, 3.8) is 0 Å². The zero-order valence-electron chi connectivity index (χ0n) is 10.3. The lowest BCUT2D eigenvalue weighted by atomic mass is 9.69. The van der Waals surface area contributed by atoms with Gasteiger partial charge in [0.1, 0.15) is 0 Å². The van der Waals surface area contributed by atoms with E-state index in [1.54, 1.807) is 32.1 Å². The van der Waals surface area contributed by atoms with Gasteiger partial charge in [-0.15, -0.1) is 0 Å². The standard InChI is InChI=1S/C15H25/c1-3-10(4-2)14-8-11-9-15(14)13-7-5-6-12(11)13/h11-15H,3-9H2,1-2H3. The quantitative estimate of drug-likeness (QED) is 0.638. The average Bonchev–Trinajstić information content (AvgIpc) is 2.90. The minimum atomic E-state index is 1.05. The zero-order chi connectivity index (χ0) is 10.4. The van der Waals surface area contributed by atoms with Crippen molar-refractivity contribution in [2.24, 2.45) is 29.6 Å². The minimum absolute atomic E-state index is 1.05. The number of rotatable bonds is 3. The lowest BCUT2D eigenvalue weighted by Crippen LogP contribution is -2.28. The highest BCUT2D eigenvalue weighted by Gasteiger charge is 2.54. The molecule has 5 unspecified atom stereocenters. The fourth-order valence-corrected chi connectivity index (χ4v) is 5.31. The van der Waals surface area contributed by atoms with Gasteiger partial charge in [0.25, 0.3) is 0 Å². The number of hydrogen-bond acceptors (Lipinski definition) is 0. The second kappa shape index (κ2) is 3.79. The van der Waals surface area contributed by atoms with Crippen molar-refractivity contribution in [2.45, 2.75) is 58.8 Å². The van der Waals surface area contributed by atoms with E-state index in [2.05, 4.69) is 13.8 Å². The summed E-state index contributed by atoms with van der Waals surface area (Å²) in [5, 5.41) is 0. The van der Waals surface area contributed by atoms with E-state index in [-0.39, 0.29) is 0 Å². The molecule has 85 valence electrons. The maximum atomic E-state index is 2.37. The molecule has 0 aromatic rings. The van der Waals surface area contributed by atoms with Crippen LogP contribution in [-0.4, -0.2) is 0 Å². The van der Waals surface area contributed by atoms with Gasteiger partial charge in [0.2, 0.25) is 0 Å². The van der Waals surface area contributed by atoms with Crippen LogP contribution in [0.1, 0.15) is 58.8 Å². The molecule has 0 heteroatoms. The Morgan fingerprint density at radius 2 is 1.67 bits per heavy atom. The molecule has 3 aliphatic rings. The maximum absolute atomic E-state index is 2.37. The highest BCUT2D eigenvalue weighted by atomic mass is 14.6. The topological polar surface area (TPSA) is 0 Å². The third-order valence-corrected chi connectivity index (χ3v) is 5.86. The molecule has 3 aliphatic carbocycles. The Bertz CT molecular complexity index is 228. The Morgan fingerprint density at radius 3 is 2.40 bits per heavy atom. The molecule has 0 aromatic carbocycles. The Morgan fingerprint density at radius 1 is 0.933 bits per heavy atom. The van der Waals surface area contributed by atoms with Gasteiger partial charge in [-0.1, -0.05) is 20.3 Å². The molecule has 0 N–H and O–H groups in total. The lowest BCUT2D eigenvalue weighted by molar-refractivity contribution is 0.190. The van der Waals surface area contributed by atoms with Crippen molar-refractivity contribution in [2.75, 3.05) is 0 Å². The van der Waals surface area contributed by atoms with Gasteiger partial charge in [-0.05, 0) is 74.0 Å². The van der Waals surface area contributed by atoms with Gasteiger partial charge in [0.15, 0.2) is 0 Å². The van der Waals surface area contributed by atoms with Gasteiger partial charge in [0.05, 0.1) is 0 Å². The van der Waals surface area contributed by atoms with Crippen LogP contribution >= 0.6 is 0 Å². The molecule has 0 aliphatic heterocycles. The highest BCUT2D eigenvalue weighted by molar-refractivity contribution is 5.10. The van der Waals surface area contributed by atoms with Crippen LogP contribution in [0.25, 0.3) is 0 Å². The van der Waals surface area contributed by atoms with E-state index >= 15 is 0 Å². The summed E-state index contributed by atoms with van der Waals surface area (Å²) in [6.45, 7) is 4.74. The molecule has 0 amide bonds. The molecule has 0 heterocycles. The molecule has 1 radical (unpaired) electrons. The second-order valence-corrected chi connectivity index (χ2v) is 6.13. The second-order valence-electron chi connectivity index (χ2n) is 6.13. The van der Waals surface area contributed by atoms with E-state index < -0.39 is 0 Å². The molecule has 3 saturated carbocycles. The first-order valence-electron chi connectivity index (χ1n) is 7.19. The van der Waals surface area contributed by atoms with Crippen LogP contribution in [-0.2, 0) is 0 Å². The van der Waals surface area contributed by atoms with Crippen LogP contribution < -0.4 is 0 Å². The van der Waals surface area contributed by atoms with E-state index in [1.165, 1.54) is 18.8 Å². The van der Waals surface area contributed by atoms with Crippen LogP contribution in [0.3, 0.4) is 0 Å². The molecule has 15 heavy (non-hydrogen) atoms. The summed E-state index contributed by atoms with van der Waals surface area (Å²) in [4.78, 5) is 0. The van der Waals surface area contributed by atoms with Crippen LogP contribution in [0.5, 0.6) is 0 Å². The summed E-state index contributed by atoms with van der Waals surface area (Å²) in [5.41, 5.74) is 0. The predicted molar refractivity (Wildman–Crippen MR) is 64.4 cm³/mol. The first-order valence-corrected chi connectivity index (χ1v) is 7.19. The first-order chi connectivity index (χ1) is 7.35. The molecule has 3 rings (SSSR count). The van der Waals surface area contributed by atoms with Crippen molar-refractivity contribution in [3.05, 3.63) is 5.92 Å². The van der Waals surface area contributed by atoms with Crippen LogP contribution in [0.15, 0.2) is 0 Å². The van der Waals surface area contributed by atoms with E-state index in [0.717, 1.165) is 23.7 Å². The van der Waals surface area contributed by atoms with Crippen LogP contribution in [0, 0.1) is 35.5 Å². The monoisotopic (exact) mass is 205 g/mol. The molecule has 0 aromatic heterocycles. The minimum Gasteiger partial charge on any atom is -0.0648 e. The number of fused-ring (bicyclic) bond motifs is 5. The van der Waals surface area contributed by atoms with Crippen molar-refractivity contribution < 1.29 is 0 Å². The fraction of sp³-hybridized carbons (Fsp3) is 0.933. The summed E-state index contributed by atoms with van der Waals surface area (Å²) >= 11 is 0. The summed E-state index contributed by atoms with van der Waals surface area (Å²) < 4.78 is 0. The van der Waals surface area contributed by atoms with Gasteiger partial charge in [-0.2, -0.15) is 0 Å². The molecule has 0 nitrogen and oxygen atoms in total. The van der Waals surface area contributed by atoms with Gasteiger partial charge in [-0.3, -0.25) is 0 Å². The Kier molecular flexibility index (Phi) is 2.57. The van der Waals surface area contributed by atoms with Gasteiger partial charge >= 0.3 is 0 Å². The normalized spacial score (nSPS) is 47.8.